The van der Waals surface area contributed by atoms with Gasteiger partial charge in [0.15, 0.2) is 0 Å². The van der Waals surface area contributed by atoms with E-state index in [2.05, 4.69) is 0 Å². The molecule has 0 spiro atoms. The van der Waals surface area contributed by atoms with Crippen LogP contribution in [0.2, 0.25) is 0 Å². The normalized spacial score (nSPS) is 20.9. The number of aryl methyl sites for hydroxylation is 1. The molecule has 15 heavy (non-hydrogen) atoms. The lowest BCUT2D eigenvalue weighted by Crippen LogP contribution is -2.29. The van der Waals surface area contributed by atoms with Crippen molar-refractivity contribution >= 4 is 17.2 Å². The molecule has 2 heterocycles. The lowest BCUT2D eigenvalue weighted by Gasteiger charge is -2.14. The number of amides is 1. The van der Waals surface area contributed by atoms with Crippen molar-refractivity contribution in [3.63, 3.8) is 0 Å². The number of thiophene rings is 1. The third kappa shape index (κ3) is 2.21. The Hall–Kier alpha value is -0.870. The number of likely N-dealkylation sites (tertiary alicyclic amines) is 1. The lowest BCUT2D eigenvalue weighted by atomic mass is 10.1. The van der Waals surface area contributed by atoms with Gasteiger partial charge in [0, 0.05) is 18.0 Å². The summed E-state index contributed by atoms with van der Waals surface area (Å²) in [6.45, 7) is 4.39. The van der Waals surface area contributed by atoms with Gasteiger partial charge in [0.2, 0.25) is 0 Å². The van der Waals surface area contributed by atoms with Crippen molar-refractivity contribution in [2.45, 2.75) is 13.3 Å². The number of hydrogen-bond donors (Lipinski definition) is 1. The third-order valence-corrected chi connectivity index (χ3v) is 3.85. The minimum atomic E-state index is 0.170. The van der Waals surface area contributed by atoms with E-state index >= 15 is 0 Å². The second-order valence-corrected chi connectivity index (χ2v) is 5.34. The van der Waals surface area contributed by atoms with Crippen LogP contribution >= 0.6 is 11.3 Å². The van der Waals surface area contributed by atoms with Crippen LogP contribution in [0.5, 0.6) is 0 Å². The van der Waals surface area contributed by atoms with Crippen molar-refractivity contribution in [3.05, 3.63) is 21.9 Å². The summed E-state index contributed by atoms with van der Waals surface area (Å²) < 4.78 is 0. The first-order valence-electron chi connectivity index (χ1n) is 5.26. The van der Waals surface area contributed by atoms with Gasteiger partial charge in [-0.15, -0.1) is 11.3 Å². The van der Waals surface area contributed by atoms with Crippen LogP contribution in [0, 0.1) is 12.8 Å². The van der Waals surface area contributed by atoms with E-state index in [-0.39, 0.29) is 5.91 Å². The van der Waals surface area contributed by atoms with Crippen molar-refractivity contribution in [1.29, 1.82) is 0 Å². The monoisotopic (exact) mass is 224 g/mol. The van der Waals surface area contributed by atoms with Crippen molar-refractivity contribution in [2.75, 3.05) is 19.6 Å². The van der Waals surface area contributed by atoms with Gasteiger partial charge in [-0.25, -0.2) is 0 Å². The molecule has 2 N–H and O–H groups in total. The molecule has 0 aliphatic carbocycles. The molecule has 0 bridgehead atoms. The molecule has 3 nitrogen and oxygen atoms in total. The maximum atomic E-state index is 12.0. The molecule has 1 atom stereocenters. The van der Waals surface area contributed by atoms with Crippen LogP contribution in [-0.4, -0.2) is 30.4 Å². The Balaban J connectivity index is 2.03. The van der Waals surface area contributed by atoms with E-state index in [0.717, 1.165) is 24.4 Å². The first-order valence-corrected chi connectivity index (χ1v) is 6.08. The van der Waals surface area contributed by atoms with Gasteiger partial charge in [-0.05, 0) is 37.9 Å². The van der Waals surface area contributed by atoms with Crippen molar-refractivity contribution in [2.24, 2.45) is 11.7 Å². The number of hydrogen-bond acceptors (Lipinski definition) is 3. The van der Waals surface area contributed by atoms with Crippen LogP contribution in [0.15, 0.2) is 12.1 Å². The highest BCUT2D eigenvalue weighted by Crippen LogP contribution is 2.21. The predicted molar refractivity (Wildman–Crippen MR) is 62.1 cm³/mol. The molecule has 1 aliphatic heterocycles. The number of rotatable bonds is 2. The summed E-state index contributed by atoms with van der Waals surface area (Å²) in [7, 11) is 0. The highest BCUT2D eigenvalue weighted by Gasteiger charge is 2.26. The zero-order valence-electron chi connectivity index (χ0n) is 8.90. The Morgan fingerprint density at radius 2 is 2.47 bits per heavy atom. The molecule has 1 amide bonds. The minimum absolute atomic E-state index is 0.170. The average molecular weight is 224 g/mol. The first-order chi connectivity index (χ1) is 7.20. The van der Waals surface area contributed by atoms with E-state index in [9.17, 15) is 4.79 Å². The molecule has 0 aromatic carbocycles. The third-order valence-electron chi connectivity index (χ3n) is 2.86. The van der Waals surface area contributed by atoms with E-state index in [0.29, 0.717) is 12.5 Å². The molecule has 1 aromatic rings. The Labute approximate surface area is 93.9 Å². The fraction of sp³-hybridized carbons (Fsp3) is 0.545. The summed E-state index contributed by atoms with van der Waals surface area (Å²) >= 11 is 1.57. The predicted octanol–water partition coefficient (Wildman–Crippen LogP) is 1.48. The molecular weight excluding hydrogens is 208 g/mol. The summed E-state index contributed by atoms with van der Waals surface area (Å²) in [4.78, 5) is 16.0. The number of carbonyl (C=O) groups excluding carboxylic acids is 1. The van der Waals surface area contributed by atoms with Gasteiger partial charge in [0.1, 0.15) is 0 Å². The highest BCUT2D eigenvalue weighted by atomic mass is 32.1. The van der Waals surface area contributed by atoms with Crippen LogP contribution < -0.4 is 5.73 Å². The summed E-state index contributed by atoms with van der Waals surface area (Å²) in [6.07, 6.45) is 1.05. The SMILES string of the molecule is Cc1ccc(C(=O)N2CCC(CN)C2)s1. The molecule has 82 valence electrons. The number of carbonyl (C=O) groups is 1. The smallest absolute Gasteiger partial charge is 0.263 e. The topological polar surface area (TPSA) is 46.3 Å². The zero-order valence-corrected chi connectivity index (χ0v) is 9.72. The quantitative estimate of drug-likeness (QED) is 0.827. The summed E-state index contributed by atoms with van der Waals surface area (Å²) in [5.41, 5.74) is 5.60. The molecule has 0 saturated carbocycles. The molecule has 0 radical (unpaired) electrons. The highest BCUT2D eigenvalue weighted by molar-refractivity contribution is 7.13. The molecule has 1 fully saturated rings. The fourth-order valence-electron chi connectivity index (χ4n) is 1.91. The largest absolute Gasteiger partial charge is 0.338 e. The van der Waals surface area contributed by atoms with Gasteiger partial charge in [-0.1, -0.05) is 0 Å². The summed E-state index contributed by atoms with van der Waals surface area (Å²) in [5.74, 6) is 0.666. The molecule has 2 rings (SSSR count). The maximum absolute atomic E-state index is 12.0. The van der Waals surface area contributed by atoms with Gasteiger partial charge in [0.25, 0.3) is 5.91 Å². The van der Waals surface area contributed by atoms with Gasteiger partial charge >= 0.3 is 0 Å². The van der Waals surface area contributed by atoms with Crippen LogP contribution in [0.25, 0.3) is 0 Å². The molecule has 1 unspecified atom stereocenters. The van der Waals surface area contributed by atoms with E-state index in [1.165, 1.54) is 4.88 Å². The maximum Gasteiger partial charge on any atom is 0.263 e. The average Bonchev–Trinajstić information content (AvgIpc) is 2.84. The summed E-state index contributed by atoms with van der Waals surface area (Å²) in [6, 6.07) is 3.91. The fourth-order valence-corrected chi connectivity index (χ4v) is 2.75. The van der Waals surface area contributed by atoms with E-state index < -0.39 is 0 Å². The van der Waals surface area contributed by atoms with E-state index in [4.69, 9.17) is 5.73 Å². The Morgan fingerprint density at radius 3 is 3.00 bits per heavy atom. The molecule has 1 aromatic heterocycles. The zero-order chi connectivity index (χ0) is 10.8. The lowest BCUT2D eigenvalue weighted by molar-refractivity contribution is 0.0792. The van der Waals surface area contributed by atoms with Crippen LogP contribution in [-0.2, 0) is 0 Å². The van der Waals surface area contributed by atoms with Gasteiger partial charge in [0.05, 0.1) is 4.88 Å². The Morgan fingerprint density at radius 1 is 1.67 bits per heavy atom. The van der Waals surface area contributed by atoms with Gasteiger partial charge in [-0.2, -0.15) is 0 Å². The van der Waals surface area contributed by atoms with Crippen molar-refractivity contribution in [3.8, 4) is 0 Å². The van der Waals surface area contributed by atoms with E-state index in [1.807, 2.05) is 24.0 Å². The Kier molecular flexibility index (Phi) is 3.07. The molecule has 1 saturated heterocycles. The van der Waals surface area contributed by atoms with Crippen molar-refractivity contribution < 1.29 is 4.79 Å². The first kappa shape index (κ1) is 10.6. The van der Waals surface area contributed by atoms with Gasteiger partial charge < -0.3 is 10.6 Å². The summed E-state index contributed by atoms with van der Waals surface area (Å²) in [5, 5.41) is 0. The standard InChI is InChI=1S/C11H16N2OS/c1-8-2-3-10(15-8)11(14)13-5-4-9(6-12)7-13/h2-3,9H,4-7,12H2,1H3. The van der Waals surface area contributed by atoms with E-state index in [1.54, 1.807) is 11.3 Å². The number of nitrogens with zero attached hydrogens (tertiary/aromatic N) is 1. The van der Waals surface area contributed by atoms with Crippen LogP contribution in [0.3, 0.4) is 0 Å². The second kappa shape index (κ2) is 4.33. The van der Waals surface area contributed by atoms with Crippen LogP contribution in [0.4, 0.5) is 0 Å². The second-order valence-electron chi connectivity index (χ2n) is 4.05. The molecule has 1 aliphatic rings. The molecular formula is C11H16N2OS. The minimum Gasteiger partial charge on any atom is -0.338 e. The Bertz CT molecular complexity index is 361. The van der Waals surface area contributed by atoms with Gasteiger partial charge in [-0.3, -0.25) is 4.79 Å². The van der Waals surface area contributed by atoms with Crippen molar-refractivity contribution in [1.82, 2.24) is 4.90 Å². The molecule has 4 heteroatoms. The number of nitrogens with two attached hydrogens (primary N) is 1. The van der Waals surface area contributed by atoms with Crippen LogP contribution in [0.1, 0.15) is 21.0 Å².